The van der Waals surface area contributed by atoms with E-state index in [-0.39, 0.29) is 5.91 Å². The van der Waals surface area contributed by atoms with Gasteiger partial charge in [0.15, 0.2) is 0 Å². The summed E-state index contributed by atoms with van der Waals surface area (Å²) in [5.74, 6) is 0.839. The fraction of sp³-hybridized carbons (Fsp3) is 0.389. The summed E-state index contributed by atoms with van der Waals surface area (Å²) in [6.45, 7) is 2.77. The number of para-hydroxylation sites is 1. The molecular formula is C18H20N4O. The van der Waals surface area contributed by atoms with E-state index in [4.69, 9.17) is 0 Å². The number of amides is 1. The van der Waals surface area contributed by atoms with E-state index >= 15 is 0 Å². The lowest BCUT2D eigenvalue weighted by Crippen LogP contribution is -2.36. The average molecular weight is 308 g/mol. The zero-order valence-corrected chi connectivity index (χ0v) is 13.1. The van der Waals surface area contributed by atoms with Crippen LogP contribution in [0.3, 0.4) is 0 Å². The summed E-state index contributed by atoms with van der Waals surface area (Å²) in [7, 11) is 0. The Balaban J connectivity index is 1.64. The van der Waals surface area contributed by atoms with Gasteiger partial charge in [-0.15, -0.1) is 0 Å². The van der Waals surface area contributed by atoms with E-state index in [1.165, 1.54) is 24.7 Å². The highest BCUT2D eigenvalue weighted by Gasteiger charge is 2.25. The first-order valence-electron chi connectivity index (χ1n) is 8.30. The molecule has 23 heavy (non-hydrogen) atoms. The smallest absolute Gasteiger partial charge is 0.277 e. The van der Waals surface area contributed by atoms with Crippen LogP contribution in [0, 0.1) is 0 Å². The van der Waals surface area contributed by atoms with Crippen molar-refractivity contribution in [2.45, 2.75) is 25.7 Å². The van der Waals surface area contributed by atoms with Crippen LogP contribution >= 0.6 is 0 Å². The van der Waals surface area contributed by atoms with Crippen LogP contribution in [0.5, 0.6) is 0 Å². The minimum Gasteiger partial charge on any atom is -0.357 e. The minimum absolute atomic E-state index is 0.0278. The summed E-state index contributed by atoms with van der Waals surface area (Å²) in [5.41, 5.74) is 2.74. The number of benzene rings is 1. The van der Waals surface area contributed by atoms with Crippen molar-refractivity contribution in [2.75, 3.05) is 29.4 Å². The molecule has 1 aromatic carbocycles. The number of nitrogens with zero attached hydrogens (tertiary/aromatic N) is 4. The molecule has 1 saturated heterocycles. The molecule has 0 saturated carbocycles. The summed E-state index contributed by atoms with van der Waals surface area (Å²) >= 11 is 0. The van der Waals surface area contributed by atoms with Gasteiger partial charge in [0.2, 0.25) is 0 Å². The first-order valence-corrected chi connectivity index (χ1v) is 8.30. The summed E-state index contributed by atoms with van der Waals surface area (Å²) in [6, 6.07) is 9.98. The molecule has 2 aliphatic heterocycles. The lowest BCUT2D eigenvalue weighted by atomic mass is 10.0. The van der Waals surface area contributed by atoms with Gasteiger partial charge in [-0.3, -0.25) is 4.79 Å². The van der Waals surface area contributed by atoms with E-state index in [9.17, 15) is 4.79 Å². The van der Waals surface area contributed by atoms with Crippen molar-refractivity contribution in [3.05, 3.63) is 47.9 Å². The van der Waals surface area contributed by atoms with E-state index in [1.54, 1.807) is 0 Å². The number of aromatic nitrogens is 2. The third-order valence-corrected chi connectivity index (χ3v) is 4.66. The number of rotatable bonds is 2. The maximum absolute atomic E-state index is 12.9. The second-order valence-corrected chi connectivity index (χ2v) is 6.14. The highest BCUT2D eigenvalue weighted by atomic mass is 16.2. The molecule has 1 fully saturated rings. The van der Waals surface area contributed by atoms with E-state index in [1.807, 2.05) is 29.2 Å². The zero-order valence-electron chi connectivity index (χ0n) is 13.1. The standard InChI is InChI=1S/C18H20N4O/c23-18(22-11-5-7-14-6-1-2-8-16(14)22)15-12-17(20-13-19-15)21-9-3-4-10-21/h1-2,6,8,12-13H,3-5,7,9-11H2. The van der Waals surface area contributed by atoms with E-state index in [2.05, 4.69) is 20.9 Å². The van der Waals surface area contributed by atoms with Crippen molar-refractivity contribution in [1.29, 1.82) is 0 Å². The molecule has 0 bridgehead atoms. The van der Waals surface area contributed by atoms with Crippen LogP contribution in [0.4, 0.5) is 11.5 Å². The number of carbonyl (C=O) groups excluding carboxylic acids is 1. The molecule has 4 rings (SSSR count). The molecule has 0 spiro atoms. The Labute approximate surface area is 136 Å². The van der Waals surface area contributed by atoms with Gasteiger partial charge >= 0.3 is 0 Å². The molecule has 2 aliphatic rings. The van der Waals surface area contributed by atoms with Crippen molar-refractivity contribution in [1.82, 2.24) is 9.97 Å². The fourth-order valence-electron chi connectivity index (χ4n) is 3.47. The number of hydrogen-bond donors (Lipinski definition) is 0. The molecule has 118 valence electrons. The van der Waals surface area contributed by atoms with Gasteiger partial charge in [0.25, 0.3) is 5.91 Å². The Hall–Kier alpha value is -2.43. The maximum Gasteiger partial charge on any atom is 0.277 e. The van der Waals surface area contributed by atoms with Crippen molar-refractivity contribution >= 4 is 17.4 Å². The SMILES string of the molecule is O=C(c1cc(N2CCCC2)ncn1)N1CCCc2ccccc21. The molecule has 3 heterocycles. The third-order valence-electron chi connectivity index (χ3n) is 4.66. The molecule has 0 aliphatic carbocycles. The highest BCUT2D eigenvalue weighted by molar-refractivity contribution is 6.05. The van der Waals surface area contributed by atoms with Crippen LogP contribution in [-0.4, -0.2) is 35.5 Å². The minimum atomic E-state index is -0.0278. The van der Waals surface area contributed by atoms with Gasteiger partial charge in [0.05, 0.1) is 0 Å². The van der Waals surface area contributed by atoms with E-state index < -0.39 is 0 Å². The van der Waals surface area contributed by atoms with Crippen molar-refractivity contribution in [2.24, 2.45) is 0 Å². The predicted octanol–water partition coefficient (Wildman–Crippen LogP) is 2.67. The van der Waals surface area contributed by atoms with Gasteiger partial charge in [0, 0.05) is 31.4 Å². The Kier molecular flexibility index (Phi) is 3.69. The van der Waals surface area contributed by atoms with E-state index in [0.717, 1.165) is 44.0 Å². The number of hydrogen-bond acceptors (Lipinski definition) is 4. The van der Waals surface area contributed by atoms with Gasteiger partial charge in [0.1, 0.15) is 17.8 Å². The molecule has 0 atom stereocenters. The van der Waals surface area contributed by atoms with Crippen molar-refractivity contribution in [3.8, 4) is 0 Å². The predicted molar refractivity (Wildman–Crippen MR) is 89.9 cm³/mol. The zero-order chi connectivity index (χ0) is 15.6. The second kappa shape index (κ2) is 5.99. The molecule has 5 heteroatoms. The maximum atomic E-state index is 12.9. The van der Waals surface area contributed by atoms with Gasteiger partial charge in [-0.05, 0) is 37.3 Å². The number of aryl methyl sites for hydroxylation is 1. The van der Waals surface area contributed by atoms with Crippen LogP contribution < -0.4 is 9.80 Å². The molecular weight excluding hydrogens is 288 g/mol. The van der Waals surface area contributed by atoms with Crippen LogP contribution in [0.1, 0.15) is 35.3 Å². The van der Waals surface area contributed by atoms with Gasteiger partial charge in [-0.2, -0.15) is 0 Å². The lowest BCUT2D eigenvalue weighted by Gasteiger charge is -2.29. The summed E-state index contributed by atoms with van der Waals surface area (Å²) in [5, 5.41) is 0. The topological polar surface area (TPSA) is 49.3 Å². The van der Waals surface area contributed by atoms with Crippen LogP contribution in [0.2, 0.25) is 0 Å². The van der Waals surface area contributed by atoms with Crippen LogP contribution in [-0.2, 0) is 6.42 Å². The van der Waals surface area contributed by atoms with Crippen LogP contribution in [0.25, 0.3) is 0 Å². The number of fused-ring (bicyclic) bond motifs is 1. The molecule has 0 radical (unpaired) electrons. The van der Waals surface area contributed by atoms with Gasteiger partial charge < -0.3 is 9.80 Å². The first-order chi connectivity index (χ1) is 11.3. The largest absolute Gasteiger partial charge is 0.357 e. The Morgan fingerprint density at radius 1 is 1.00 bits per heavy atom. The molecule has 0 unspecified atom stereocenters. The van der Waals surface area contributed by atoms with Gasteiger partial charge in [-0.25, -0.2) is 9.97 Å². The number of carbonyl (C=O) groups is 1. The molecule has 1 amide bonds. The molecule has 1 aromatic heterocycles. The van der Waals surface area contributed by atoms with Crippen molar-refractivity contribution < 1.29 is 4.79 Å². The Bertz CT molecular complexity index is 724. The van der Waals surface area contributed by atoms with Gasteiger partial charge in [-0.1, -0.05) is 18.2 Å². The molecule has 2 aromatic rings. The molecule has 0 N–H and O–H groups in total. The highest BCUT2D eigenvalue weighted by Crippen LogP contribution is 2.28. The second-order valence-electron chi connectivity index (χ2n) is 6.14. The quantitative estimate of drug-likeness (QED) is 0.856. The van der Waals surface area contributed by atoms with Crippen molar-refractivity contribution in [3.63, 3.8) is 0 Å². The Morgan fingerprint density at radius 3 is 2.70 bits per heavy atom. The Morgan fingerprint density at radius 2 is 1.83 bits per heavy atom. The summed E-state index contributed by atoms with van der Waals surface area (Å²) < 4.78 is 0. The monoisotopic (exact) mass is 308 g/mol. The number of anilines is 2. The van der Waals surface area contributed by atoms with Crippen LogP contribution in [0.15, 0.2) is 36.7 Å². The third kappa shape index (κ3) is 2.67. The summed E-state index contributed by atoms with van der Waals surface area (Å²) in [4.78, 5) is 25.6. The summed E-state index contributed by atoms with van der Waals surface area (Å²) in [6.07, 6.45) is 5.91. The van der Waals surface area contributed by atoms with E-state index in [0.29, 0.717) is 5.69 Å². The fourth-order valence-corrected chi connectivity index (χ4v) is 3.47. The molecule has 5 nitrogen and oxygen atoms in total. The normalized spacial score (nSPS) is 17.2. The first kappa shape index (κ1) is 14.2. The average Bonchev–Trinajstić information content (AvgIpc) is 3.15. The lowest BCUT2D eigenvalue weighted by molar-refractivity contribution is 0.0980.